The third kappa shape index (κ3) is 4.65. The summed E-state index contributed by atoms with van der Waals surface area (Å²) in [6.07, 6.45) is 4.97. The number of carbonyl (C=O) groups excluding carboxylic acids is 1. The van der Waals surface area contributed by atoms with Crippen LogP contribution in [-0.2, 0) is 16.1 Å². The number of nitrogens with zero attached hydrogens (tertiary/aromatic N) is 3. The van der Waals surface area contributed by atoms with E-state index in [4.69, 9.17) is 9.26 Å². The third-order valence-electron chi connectivity index (χ3n) is 5.62. The molecule has 2 heterocycles. The summed E-state index contributed by atoms with van der Waals surface area (Å²) in [5.41, 5.74) is 1.92. The van der Waals surface area contributed by atoms with Gasteiger partial charge in [0.2, 0.25) is 5.91 Å². The van der Waals surface area contributed by atoms with Gasteiger partial charge < -0.3 is 14.2 Å². The Labute approximate surface area is 156 Å². The van der Waals surface area contributed by atoms with Crippen LogP contribution in [0.3, 0.4) is 0 Å². The number of hydrogen-bond acceptors (Lipinski definition) is 5. The van der Waals surface area contributed by atoms with Crippen molar-refractivity contribution in [2.75, 3.05) is 26.2 Å². The maximum atomic E-state index is 12.8. The zero-order valence-corrected chi connectivity index (χ0v) is 16.7. The Balaban J connectivity index is 1.70. The minimum atomic E-state index is 0.0227. The van der Waals surface area contributed by atoms with E-state index >= 15 is 0 Å². The molecule has 6 heteroatoms. The predicted molar refractivity (Wildman–Crippen MR) is 99.8 cm³/mol. The van der Waals surface area contributed by atoms with E-state index in [1.165, 1.54) is 25.7 Å². The van der Waals surface area contributed by atoms with Gasteiger partial charge in [-0.15, -0.1) is 0 Å². The number of aryl methyl sites for hydroxylation is 2. The van der Waals surface area contributed by atoms with Crippen LogP contribution in [0.2, 0.25) is 0 Å². The molecular formula is C20H33N3O3. The van der Waals surface area contributed by atoms with Crippen LogP contribution in [0.1, 0.15) is 56.5 Å². The van der Waals surface area contributed by atoms with Gasteiger partial charge >= 0.3 is 0 Å². The molecule has 0 spiro atoms. The van der Waals surface area contributed by atoms with E-state index < -0.39 is 0 Å². The summed E-state index contributed by atoms with van der Waals surface area (Å²) in [5, 5.41) is 4.01. The second-order valence-corrected chi connectivity index (χ2v) is 8.30. The monoisotopic (exact) mass is 363 g/mol. The SMILES string of the molecule is Cc1noc(C)c1COC1CN(CC(C)C)C(=O)CN(C2CCCC2)C1. The van der Waals surface area contributed by atoms with Crippen LogP contribution in [0.25, 0.3) is 0 Å². The maximum absolute atomic E-state index is 12.8. The molecule has 1 aromatic heterocycles. The van der Waals surface area contributed by atoms with E-state index in [1.807, 2.05) is 18.7 Å². The molecule has 1 unspecified atom stereocenters. The van der Waals surface area contributed by atoms with Crippen molar-refractivity contribution in [2.45, 2.75) is 72.1 Å². The van der Waals surface area contributed by atoms with Crippen molar-refractivity contribution in [1.82, 2.24) is 15.0 Å². The Morgan fingerprint density at radius 3 is 2.58 bits per heavy atom. The van der Waals surface area contributed by atoms with Gasteiger partial charge in [-0.1, -0.05) is 31.8 Å². The Kier molecular flexibility index (Phi) is 6.35. The van der Waals surface area contributed by atoms with Crippen molar-refractivity contribution >= 4 is 5.91 Å². The zero-order valence-electron chi connectivity index (χ0n) is 16.7. The van der Waals surface area contributed by atoms with Crippen molar-refractivity contribution in [3.8, 4) is 0 Å². The number of aromatic nitrogens is 1. The number of carbonyl (C=O) groups is 1. The smallest absolute Gasteiger partial charge is 0.236 e. The molecule has 1 amide bonds. The highest BCUT2D eigenvalue weighted by Gasteiger charge is 2.33. The van der Waals surface area contributed by atoms with Gasteiger partial charge in [0.15, 0.2) is 0 Å². The lowest BCUT2D eigenvalue weighted by molar-refractivity contribution is -0.132. The maximum Gasteiger partial charge on any atom is 0.236 e. The lowest BCUT2D eigenvalue weighted by Crippen LogP contribution is -2.41. The first-order chi connectivity index (χ1) is 12.4. The Morgan fingerprint density at radius 1 is 1.23 bits per heavy atom. The summed E-state index contributed by atoms with van der Waals surface area (Å²) in [6.45, 7) is 11.5. The van der Waals surface area contributed by atoms with Gasteiger partial charge in [-0.3, -0.25) is 9.69 Å². The van der Waals surface area contributed by atoms with Crippen LogP contribution in [0.4, 0.5) is 0 Å². The predicted octanol–water partition coefficient (Wildman–Crippen LogP) is 2.92. The molecule has 2 fully saturated rings. The molecule has 3 rings (SSSR count). The Bertz CT molecular complexity index is 588. The highest BCUT2D eigenvalue weighted by atomic mass is 16.5. The molecular weight excluding hydrogens is 330 g/mol. The van der Waals surface area contributed by atoms with Gasteiger partial charge in [0.05, 0.1) is 24.9 Å². The molecule has 0 bridgehead atoms. The second kappa shape index (κ2) is 8.53. The molecule has 2 aliphatic rings. The van der Waals surface area contributed by atoms with Crippen LogP contribution in [0, 0.1) is 19.8 Å². The van der Waals surface area contributed by atoms with Gasteiger partial charge in [0.1, 0.15) is 5.76 Å². The van der Waals surface area contributed by atoms with Crippen LogP contribution in [0.15, 0.2) is 4.52 Å². The summed E-state index contributed by atoms with van der Waals surface area (Å²) in [6, 6.07) is 0.531. The van der Waals surface area contributed by atoms with E-state index in [0.29, 0.717) is 31.7 Å². The van der Waals surface area contributed by atoms with E-state index in [-0.39, 0.29) is 12.0 Å². The van der Waals surface area contributed by atoms with Crippen molar-refractivity contribution in [1.29, 1.82) is 0 Å². The summed E-state index contributed by atoms with van der Waals surface area (Å²) in [5.74, 6) is 1.52. The van der Waals surface area contributed by atoms with Crippen LogP contribution < -0.4 is 0 Å². The van der Waals surface area contributed by atoms with Crippen molar-refractivity contribution in [3.05, 3.63) is 17.0 Å². The second-order valence-electron chi connectivity index (χ2n) is 8.30. The normalized spacial score (nSPS) is 23.2. The molecule has 0 radical (unpaired) electrons. The summed E-state index contributed by atoms with van der Waals surface area (Å²) < 4.78 is 11.5. The largest absolute Gasteiger partial charge is 0.370 e. The molecule has 0 N–H and O–H groups in total. The van der Waals surface area contributed by atoms with Gasteiger partial charge in [0.25, 0.3) is 0 Å². The van der Waals surface area contributed by atoms with Crippen LogP contribution >= 0.6 is 0 Å². The summed E-state index contributed by atoms with van der Waals surface area (Å²) >= 11 is 0. The highest BCUT2D eigenvalue weighted by Crippen LogP contribution is 2.26. The first-order valence-corrected chi connectivity index (χ1v) is 9.99. The van der Waals surface area contributed by atoms with E-state index in [1.54, 1.807) is 0 Å². The molecule has 1 aliphatic heterocycles. The highest BCUT2D eigenvalue weighted by molar-refractivity contribution is 5.78. The lowest BCUT2D eigenvalue weighted by Gasteiger charge is -2.28. The Hall–Kier alpha value is -1.40. The number of ether oxygens (including phenoxy) is 1. The number of amides is 1. The van der Waals surface area contributed by atoms with Gasteiger partial charge in [-0.05, 0) is 32.6 Å². The van der Waals surface area contributed by atoms with Gasteiger partial charge in [0, 0.05) is 31.2 Å². The van der Waals surface area contributed by atoms with E-state index in [0.717, 1.165) is 30.1 Å². The van der Waals surface area contributed by atoms with Crippen molar-refractivity contribution < 1.29 is 14.1 Å². The van der Waals surface area contributed by atoms with Crippen LogP contribution in [0.5, 0.6) is 0 Å². The molecule has 6 nitrogen and oxygen atoms in total. The molecule has 146 valence electrons. The van der Waals surface area contributed by atoms with E-state index in [9.17, 15) is 4.79 Å². The van der Waals surface area contributed by atoms with Crippen LogP contribution in [-0.4, -0.2) is 59.2 Å². The summed E-state index contributed by atoms with van der Waals surface area (Å²) in [7, 11) is 0. The summed E-state index contributed by atoms with van der Waals surface area (Å²) in [4.78, 5) is 17.2. The molecule has 26 heavy (non-hydrogen) atoms. The topological polar surface area (TPSA) is 58.8 Å². The molecule has 1 saturated carbocycles. The van der Waals surface area contributed by atoms with E-state index in [2.05, 4.69) is 23.9 Å². The third-order valence-corrected chi connectivity index (χ3v) is 5.62. The van der Waals surface area contributed by atoms with Gasteiger partial charge in [-0.25, -0.2) is 0 Å². The average molecular weight is 364 g/mol. The number of hydrogen-bond donors (Lipinski definition) is 0. The molecule has 1 aliphatic carbocycles. The lowest BCUT2D eigenvalue weighted by atomic mass is 10.2. The van der Waals surface area contributed by atoms with Gasteiger partial charge in [-0.2, -0.15) is 0 Å². The first-order valence-electron chi connectivity index (χ1n) is 9.99. The minimum Gasteiger partial charge on any atom is -0.370 e. The zero-order chi connectivity index (χ0) is 18.7. The fourth-order valence-electron chi connectivity index (χ4n) is 4.18. The molecule has 1 atom stereocenters. The van der Waals surface area contributed by atoms with Crippen molar-refractivity contribution in [2.24, 2.45) is 5.92 Å². The first kappa shape index (κ1) is 19.4. The fourth-order valence-corrected chi connectivity index (χ4v) is 4.18. The molecule has 1 saturated heterocycles. The van der Waals surface area contributed by atoms with Crippen molar-refractivity contribution in [3.63, 3.8) is 0 Å². The average Bonchev–Trinajstić information content (AvgIpc) is 3.18. The minimum absolute atomic E-state index is 0.0227. The Morgan fingerprint density at radius 2 is 1.96 bits per heavy atom. The molecule has 1 aromatic rings. The standard InChI is InChI=1S/C20H33N3O3/c1-14(2)9-23-11-18(25-13-19-15(3)21-26-16(19)4)10-22(12-20(23)24)17-7-5-6-8-17/h14,17-18H,5-13H2,1-4H3. The quantitative estimate of drug-likeness (QED) is 0.778. The fraction of sp³-hybridized carbons (Fsp3) is 0.800. The number of rotatable bonds is 6. The molecule has 0 aromatic carbocycles.